The van der Waals surface area contributed by atoms with Crippen LogP contribution >= 0.6 is 0 Å². The van der Waals surface area contributed by atoms with Crippen LogP contribution in [0.25, 0.3) is 0 Å². The Kier molecular flexibility index (Phi) is 12.0. The molecule has 2 bridgehead atoms. The fourth-order valence-electron chi connectivity index (χ4n) is 4.43. The highest BCUT2D eigenvalue weighted by Gasteiger charge is 2.36. The van der Waals surface area contributed by atoms with Gasteiger partial charge in [-0.3, -0.25) is 19.4 Å². The number of amides is 1. The summed E-state index contributed by atoms with van der Waals surface area (Å²) in [5.74, 6) is -0.991. The molecule has 192 valence electrons. The van der Waals surface area contributed by atoms with E-state index in [9.17, 15) is 9.59 Å². The zero-order valence-electron chi connectivity index (χ0n) is 20.5. The number of carboxylic acids is 1. The maximum Gasteiger partial charge on any atom is 0.303 e. The molecule has 2 aliphatic rings. The largest absolute Gasteiger partial charge is 0.481 e. The number of rotatable bonds is 5. The first kappa shape index (κ1) is 27.9. The average Bonchev–Trinajstić information content (AvgIpc) is 2.75. The van der Waals surface area contributed by atoms with Gasteiger partial charge in [0.15, 0.2) is 0 Å². The Labute approximate surface area is 198 Å². The van der Waals surface area contributed by atoms with Gasteiger partial charge in [0, 0.05) is 52.1 Å². The number of nitrogens with zero attached hydrogens (tertiary/aromatic N) is 2. The molecule has 11 nitrogen and oxygen atoms in total. The van der Waals surface area contributed by atoms with Crippen LogP contribution in [0.1, 0.15) is 38.5 Å². The molecule has 2 heterocycles. The number of carboxylic acid groups (broad SMARTS) is 1. The van der Waals surface area contributed by atoms with E-state index in [0.29, 0.717) is 19.5 Å². The Bertz CT molecular complexity index is 588. The van der Waals surface area contributed by atoms with Crippen molar-refractivity contribution in [2.75, 3.05) is 79.5 Å². The van der Waals surface area contributed by atoms with Gasteiger partial charge in [0.1, 0.15) is 5.66 Å². The second kappa shape index (κ2) is 14.1. The molecule has 1 amide bonds. The van der Waals surface area contributed by atoms with Crippen LogP contribution in [-0.2, 0) is 9.59 Å². The van der Waals surface area contributed by atoms with Crippen LogP contribution in [0.5, 0.6) is 0 Å². The Balaban J connectivity index is 2.21. The SMILES string of the molecule is CN1CCCN(C)C2(NC(=O)CCCC(=O)O)CNCCCNCC1(N)CNCCCNC2. The molecule has 2 fully saturated rings. The van der Waals surface area contributed by atoms with Crippen molar-refractivity contribution in [2.24, 2.45) is 5.73 Å². The van der Waals surface area contributed by atoms with Gasteiger partial charge in [-0.25, -0.2) is 0 Å². The summed E-state index contributed by atoms with van der Waals surface area (Å²) in [4.78, 5) is 28.1. The maximum atomic E-state index is 12.8. The number of nitrogens with one attached hydrogen (secondary N) is 5. The van der Waals surface area contributed by atoms with Crippen molar-refractivity contribution < 1.29 is 14.7 Å². The van der Waals surface area contributed by atoms with E-state index in [-0.39, 0.29) is 18.7 Å². The van der Waals surface area contributed by atoms with E-state index in [4.69, 9.17) is 10.8 Å². The van der Waals surface area contributed by atoms with Gasteiger partial charge in [-0.15, -0.1) is 0 Å². The molecule has 0 radical (unpaired) electrons. The highest BCUT2D eigenvalue weighted by molar-refractivity contribution is 5.77. The van der Waals surface area contributed by atoms with Crippen molar-refractivity contribution in [3.63, 3.8) is 0 Å². The molecule has 0 atom stereocenters. The van der Waals surface area contributed by atoms with Crippen molar-refractivity contribution in [2.45, 2.75) is 49.9 Å². The molecule has 0 aromatic carbocycles. The van der Waals surface area contributed by atoms with Crippen molar-refractivity contribution in [1.29, 1.82) is 0 Å². The fraction of sp³-hybridized carbons (Fsp3) is 0.909. The molecular weight excluding hydrogens is 424 g/mol. The van der Waals surface area contributed by atoms with E-state index in [1.54, 1.807) is 0 Å². The van der Waals surface area contributed by atoms with Crippen molar-refractivity contribution in [1.82, 2.24) is 36.4 Å². The van der Waals surface area contributed by atoms with Gasteiger partial charge >= 0.3 is 5.97 Å². The van der Waals surface area contributed by atoms with E-state index in [1.807, 2.05) is 0 Å². The number of carbonyl (C=O) groups is 2. The fourth-order valence-corrected chi connectivity index (χ4v) is 4.43. The van der Waals surface area contributed by atoms with E-state index in [1.165, 1.54) is 0 Å². The predicted molar refractivity (Wildman–Crippen MR) is 130 cm³/mol. The summed E-state index contributed by atoms with van der Waals surface area (Å²) < 4.78 is 0. The Hall–Kier alpha value is -1.34. The number of hydrogen-bond acceptors (Lipinski definition) is 9. The first-order chi connectivity index (χ1) is 15.8. The molecule has 0 unspecified atom stereocenters. The van der Waals surface area contributed by atoms with Gasteiger partial charge in [-0.1, -0.05) is 0 Å². The van der Waals surface area contributed by atoms with Gasteiger partial charge in [0.25, 0.3) is 0 Å². The first-order valence-corrected chi connectivity index (χ1v) is 12.3. The first-order valence-electron chi connectivity index (χ1n) is 12.3. The number of hydrogen-bond donors (Lipinski definition) is 7. The number of carbonyl (C=O) groups excluding carboxylic acids is 1. The molecule has 2 rings (SSSR count). The molecule has 2 saturated heterocycles. The molecule has 0 saturated carbocycles. The lowest BCUT2D eigenvalue weighted by Gasteiger charge is -2.44. The third kappa shape index (κ3) is 9.44. The number of likely N-dealkylation sites (N-methyl/N-ethyl adjacent to an activating group) is 2. The van der Waals surface area contributed by atoms with Gasteiger partial charge in [0.05, 0.1) is 5.66 Å². The van der Waals surface area contributed by atoms with Gasteiger partial charge in [-0.05, 0) is 66.0 Å². The Morgan fingerprint density at radius 2 is 1.36 bits per heavy atom. The predicted octanol–water partition coefficient (Wildman–Crippen LogP) is -1.87. The summed E-state index contributed by atoms with van der Waals surface area (Å²) in [5.41, 5.74) is 5.76. The molecule has 0 spiro atoms. The topological polar surface area (TPSA) is 147 Å². The zero-order chi connectivity index (χ0) is 24.2. The van der Waals surface area contributed by atoms with Crippen LogP contribution < -0.4 is 32.3 Å². The van der Waals surface area contributed by atoms with Crippen molar-refractivity contribution >= 4 is 11.9 Å². The van der Waals surface area contributed by atoms with Gasteiger partial charge in [0.2, 0.25) is 5.91 Å². The highest BCUT2D eigenvalue weighted by Crippen LogP contribution is 2.14. The second-order valence-electron chi connectivity index (χ2n) is 9.54. The van der Waals surface area contributed by atoms with E-state index in [2.05, 4.69) is 50.5 Å². The van der Waals surface area contributed by atoms with E-state index >= 15 is 0 Å². The molecule has 8 N–H and O–H groups in total. The van der Waals surface area contributed by atoms with Crippen LogP contribution in [0.3, 0.4) is 0 Å². The van der Waals surface area contributed by atoms with Crippen molar-refractivity contribution in [3.05, 3.63) is 0 Å². The minimum Gasteiger partial charge on any atom is -0.481 e. The monoisotopic (exact) mass is 470 g/mol. The summed E-state index contributed by atoms with van der Waals surface area (Å²) in [6.45, 7) is 7.67. The Morgan fingerprint density at radius 3 is 1.91 bits per heavy atom. The zero-order valence-corrected chi connectivity index (χ0v) is 20.5. The smallest absolute Gasteiger partial charge is 0.303 e. The second-order valence-corrected chi connectivity index (χ2v) is 9.54. The highest BCUT2D eigenvalue weighted by atomic mass is 16.4. The normalized spacial score (nSPS) is 30.2. The minimum atomic E-state index is -0.875. The molecule has 2 aliphatic heterocycles. The van der Waals surface area contributed by atoms with Crippen LogP contribution in [0.15, 0.2) is 0 Å². The summed E-state index contributed by atoms with van der Waals surface area (Å²) in [6.07, 6.45) is 3.35. The molecule has 11 heteroatoms. The number of aliphatic carboxylic acids is 1. The molecule has 0 aromatic heterocycles. The summed E-state index contributed by atoms with van der Waals surface area (Å²) in [5, 5.41) is 26.3. The number of fused-ring (bicyclic) bond motifs is 6. The van der Waals surface area contributed by atoms with Crippen LogP contribution in [-0.4, -0.2) is 118 Å². The van der Waals surface area contributed by atoms with Crippen LogP contribution in [0.2, 0.25) is 0 Å². The third-order valence-electron chi connectivity index (χ3n) is 6.76. The maximum absolute atomic E-state index is 12.8. The lowest BCUT2D eigenvalue weighted by molar-refractivity contribution is -0.137. The Morgan fingerprint density at radius 1 is 0.848 bits per heavy atom. The molecular formula is C22H46N8O3. The minimum absolute atomic E-state index is 0.0000667. The van der Waals surface area contributed by atoms with Crippen LogP contribution in [0, 0.1) is 0 Å². The lowest BCUT2D eigenvalue weighted by atomic mass is 10.0. The van der Waals surface area contributed by atoms with E-state index in [0.717, 1.165) is 71.6 Å². The lowest BCUT2D eigenvalue weighted by Crippen LogP contribution is -2.69. The third-order valence-corrected chi connectivity index (χ3v) is 6.76. The summed E-state index contributed by atoms with van der Waals surface area (Å²) >= 11 is 0. The summed E-state index contributed by atoms with van der Waals surface area (Å²) in [7, 11) is 4.14. The molecule has 33 heavy (non-hydrogen) atoms. The standard InChI is InChI=1S/C22H46N8O3/c1-29-13-6-14-30(2)22(28-19(31)7-3-8-20(32)33)17-26-11-4-9-24-15-21(29,23)16-25-10-5-12-27-18-22/h24-27H,3-18,23H2,1-2H3,(H,28,31)(H,32,33). The van der Waals surface area contributed by atoms with Crippen LogP contribution in [0.4, 0.5) is 0 Å². The van der Waals surface area contributed by atoms with Gasteiger partial charge < -0.3 is 37.4 Å². The quantitative estimate of drug-likeness (QED) is 0.244. The van der Waals surface area contributed by atoms with E-state index < -0.39 is 17.3 Å². The average molecular weight is 471 g/mol. The molecule has 0 aromatic rings. The summed E-state index contributed by atoms with van der Waals surface area (Å²) in [6, 6.07) is 0. The molecule has 0 aliphatic carbocycles. The number of nitrogens with two attached hydrogens (primary N) is 1. The van der Waals surface area contributed by atoms with Gasteiger partial charge in [-0.2, -0.15) is 0 Å². The van der Waals surface area contributed by atoms with Crippen molar-refractivity contribution in [3.8, 4) is 0 Å².